The molecule has 1 atom stereocenters. The monoisotopic (exact) mass is 347 g/mol. The van der Waals surface area contributed by atoms with Gasteiger partial charge in [0.1, 0.15) is 5.40 Å². The van der Waals surface area contributed by atoms with E-state index in [1.807, 2.05) is 41.5 Å². The van der Waals surface area contributed by atoms with E-state index in [1.54, 1.807) is 0 Å². The Hall–Kier alpha value is -0.0631. The summed E-state index contributed by atoms with van der Waals surface area (Å²) in [6, 6.07) is 0. The SMILES string of the molecule is CCCCCC(SC#N)[Si](OC(C)C)(OC(C)C)OC(C)C. The normalized spacial score (nSPS) is 13.9. The maximum absolute atomic E-state index is 9.23. The highest BCUT2D eigenvalue weighted by molar-refractivity contribution is 8.05. The van der Waals surface area contributed by atoms with E-state index in [0.717, 1.165) is 25.7 Å². The van der Waals surface area contributed by atoms with E-state index in [0.29, 0.717) is 0 Å². The molecule has 0 N–H and O–H groups in total. The van der Waals surface area contributed by atoms with Crippen LogP contribution in [-0.2, 0) is 13.3 Å². The van der Waals surface area contributed by atoms with Crippen molar-refractivity contribution in [1.29, 1.82) is 5.26 Å². The maximum Gasteiger partial charge on any atom is 0.516 e. The minimum absolute atomic E-state index is 0.0112. The number of unbranched alkanes of at least 4 members (excludes halogenated alkanes) is 2. The lowest BCUT2D eigenvalue weighted by Gasteiger charge is -2.38. The molecule has 0 heterocycles. The Morgan fingerprint density at radius 1 is 0.909 bits per heavy atom. The largest absolute Gasteiger partial charge is 0.516 e. The van der Waals surface area contributed by atoms with Crippen molar-refractivity contribution in [2.45, 2.75) is 97.3 Å². The summed E-state index contributed by atoms with van der Waals surface area (Å²) in [7, 11) is -2.94. The topological polar surface area (TPSA) is 51.5 Å². The minimum atomic E-state index is -2.94. The second kappa shape index (κ2) is 11.5. The van der Waals surface area contributed by atoms with Crippen molar-refractivity contribution in [3.05, 3.63) is 0 Å². The smallest absolute Gasteiger partial charge is 0.370 e. The highest BCUT2D eigenvalue weighted by Crippen LogP contribution is 2.32. The van der Waals surface area contributed by atoms with Crippen molar-refractivity contribution in [2.75, 3.05) is 0 Å². The lowest BCUT2D eigenvalue weighted by molar-refractivity contribution is 0.00122. The van der Waals surface area contributed by atoms with Gasteiger partial charge in [0, 0.05) is 18.3 Å². The van der Waals surface area contributed by atoms with Crippen molar-refractivity contribution in [3.63, 3.8) is 0 Å². The van der Waals surface area contributed by atoms with Crippen LogP contribution in [0.1, 0.15) is 74.1 Å². The zero-order valence-electron chi connectivity index (χ0n) is 15.2. The summed E-state index contributed by atoms with van der Waals surface area (Å²) in [5.41, 5.74) is 0. The van der Waals surface area contributed by atoms with Gasteiger partial charge in [0.2, 0.25) is 0 Å². The molecule has 0 saturated heterocycles. The third-order valence-electron chi connectivity index (χ3n) is 2.86. The van der Waals surface area contributed by atoms with E-state index >= 15 is 0 Å². The second-order valence-electron chi connectivity index (χ2n) is 6.30. The molecule has 0 aromatic heterocycles. The Labute approximate surface area is 142 Å². The van der Waals surface area contributed by atoms with Crippen LogP contribution in [0.2, 0.25) is 0 Å². The molecule has 0 amide bonds. The van der Waals surface area contributed by atoms with Gasteiger partial charge in [-0.15, -0.1) is 0 Å². The predicted molar refractivity (Wildman–Crippen MR) is 95.6 cm³/mol. The molecule has 0 aromatic carbocycles. The van der Waals surface area contributed by atoms with Crippen LogP contribution < -0.4 is 0 Å². The quantitative estimate of drug-likeness (QED) is 0.285. The Morgan fingerprint density at radius 2 is 1.36 bits per heavy atom. The molecule has 1 unspecified atom stereocenters. The van der Waals surface area contributed by atoms with E-state index in [4.69, 9.17) is 13.3 Å². The molecule has 0 saturated carbocycles. The van der Waals surface area contributed by atoms with Crippen molar-refractivity contribution < 1.29 is 13.3 Å². The predicted octanol–water partition coefficient (Wildman–Crippen LogP) is 4.90. The van der Waals surface area contributed by atoms with Crippen LogP contribution in [0, 0.1) is 10.7 Å². The number of hydrogen-bond donors (Lipinski definition) is 0. The van der Waals surface area contributed by atoms with Gasteiger partial charge in [0.25, 0.3) is 0 Å². The molecule has 4 nitrogen and oxygen atoms in total. The highest BCUT2D eigenvalue weighted by Gasteiger charge is 2.52. The molecule has 0 radical (unpaired) electrons. The summed E-state index contributed by atoms with van der Waals surface area (Å²) in [5.74, 6) is 0. The summed E-state index contributed by atoms with van der Waals surface area (Å²) in [4.78, 5) is -0.0312. The number of nitrogens with zero attached hydrogens (tertiary/aromatic N) is 1. The molecule has 0 aliphatic carbocycles. The third kappa shape index (κ3) is 8.54. The highest BCUT2D eigenvalue weighted by atomic mass is 32.2. The van der Waals surface area contributed by atoms with Crippen LogP contribution in [0.15, 0.2) is 0 Å². The molecule has 22 heavy (non-hydrogen) atoms. The van der Waals surface area contributed by atoms with E-state index in [9.17, 15) is 5.26 Å². The Morgan fingerprint density at radius 3 is 1.68 bits per heavy atom. The average Bonchev–Trinajstić information content (AvgIpc) is 2.35. The standard InChI is InChI=1S/C16H33NO3SSi/c1-8-9-10-11-16(21-12-17)22(18-13(2)3,19-14(4)5)20-15(6)7/h13-16H,8-11H2,1-7H3. The first kappa shape index (κ1) is 21.9. The summed E-state index contributed by atoms with van der Waals surface area (Å²) < 4.78 is 18.7. The lowest BCUT2D eigenvalue weighted by Crippen LogP contribution is -2.58. The molecule has 0 aromatic rings. The number of nitriles is 1. The summed E-state index contributed by atoms with van der Waals surface area (Å²) in [5, 5.41) is 11.5. The van der Waals surface area contributed by atoms with Gasteiger partial charge in [-0.2, -0.15) is 5.26 Å². The van der Waals surface area contributed by atoms with E-state index < -0.39 is 8.80 Å². The van der Waals surface area contributed by atoms with Crippen LogP contribution in [0.25, 0.3) is 0 Å². The van der Waals surface area contributed by atoms with Crippen LogP contribution >= 0.6 is 11.8 Å². The fourth-order valence-corrected chi connectivity index (χ4v) is 7.05. The van der Waals surface area contributed by atoms with Crippen LogP contribution in [0.5, 0.6) is 0 Å². The molecule has 0 aliphatic heterocycles. The molecular formula is C16H33NO3SSi. The van der Waals surface area contributed by atoms with Crippen LogP contribution in [-0.4, -0.2) is 32.0 Å². The van der Waals surface area contributed by atoms with E-state index in [1.165, 1.54) is 11.8 Å². The van der Waals surface area contributed by atoms with Gasteiger partial charge in [0.15, 0.2) is 0 Å². The molecule has 130 valence electrons. The molecule has 0 spiro atoms. The maximum atomic E-state index is 9.23. The summed E-state index contributed by atoms with van der Waals surface area (Å²) >= 11 is 1.25. The zero-order chi connectivity index (χ0) is 17.2. The summed E-state index contributed by atoms with van der Waals surface area (Å²) in [6.07, 6.45) is 4.29. The fraction of sp³-hybridized carbons (Fsp3) is 0.938. The van der Waals surface area contributed by atoms with Gasteiger partial charge in [-0.05, 0) is 59.7 Å². The molecule has 0 aliphatic rings. The first-order valence-corrected chi connectivity index (χ1v) is 11.0. The first-order chi connectivity index (χ1) is 10.3. The van der Waals surface area contributed by atoms with Crippen LogP contribution in [0.4, 0.5) is 0 Å². The number of hydrogen-bond acceptors (Lipinski definition) is 5. The molecular weight excluding hydrogens is 314 g/mol. The Bertz CT molecular complexity index is 305. The first-order valence-electron chi connectivity index (χ1n) is 8.35. The second-order valence-corrected chi connectivity index (χ2v) is 10.3. The number of rotatable bonds is 12. The molecule has 0 fully saturated rings. The van der Waals surface area contributed by atoms with Gasteiger partial charge in [-0.1, -0.05) is 26.2 Å². The van der Waals surface area contributed by atoms with Crippen molar-refractivity contribution in [1.82, 2.24) is 0 Å². The van der Waals surface area contributed by atoms with Gasteiger partial charge in [-0.25, -0.2) is 0 Å². The number of thioether (sulfide) groups is 1. The number of thiocyanates is 1. The van der Waals surface area contributed by atoms with Crippen molar-refractivity contribution in [2.24, 2.45) is 0 Å². The van der Waals surface area contributed by atoms with Gasteiger partial charge < -0.3 is 13.3 Å². The van der Waals surface area contributed by atoms with E-state index in [2.05, 4.69) is 12.3 Å². The van der Waals surface area contributed by atoms with Gasteiger partial charge >= 0.3 is 8.80 Å². The summed E-state index contributed by atoms with van der Waals surface area (Å²) in [6.45, 7) is 14.1. The zero-order valence-corrected chi connectivity index (χ0v) is 17.0. The van der Waals surface area contributed by atoms with Gasteiger partial charge in [0.05, 0.1) is 4.87 Å². The van der Waals surface area contributed by atoms with Crippen LogP contribution in [0.3, 0.4) is 0 Å². The molecule has 6 heteroatoms. The lowest BCUT2D eigenvalue weighted by atomic mass is 10.2. The van der Waals surface area contributed by atoms with E-state index in [-0.39, 0.29) is 23.2 Å². The van der Waals surface area contributed by atoms with Crippen molar-refractivity contribution in [3.8, 4) is 5.40 Å². The minimum Gasteiger partial charge on any atom is -0.370 e. The third-order valence-corrected chi connectivity index (χ3v) is 8.18. The average molecular weight is 348 g/mol. The fourth-order valence-electron chi connectivity index (χ4n) is 2.25. The molecule has 0 bridgehead atoms. The Balaban J connectivity index is 5.41. The molecule has 0 rings (SSSR count). The van der Waals surface area contributed by atoms with Crippen molar-refractivity contribution >= 4 is 20.6 Å². The van der Waals surface area contributed by atoms with Gasteiger partial charge in [-0.3, -0.25) is 0 Å². The Kier molecular flexibility index (Phi) is 11.4.